The minimum atomic E-state index is -1.32. The van der Waals surface area contributed by atoms with E-state index in [2.05, 4.69) is 0 Å². The number of hydrogen-bond donors (Lipinski definition) is 1. The van der Waals surface area contributed by atoms with E-state index in [9.17, 15) is 14.7 Å². The van der Waals surface area contributed by atoms with Gasteiger partial charge < -0.3 is 9.84 Å². The van der Waals surface area contributed by atoms with Crippen LogP contribution >= 0.6 is 0 Å². The van der Waals surface area contributed by atoms with Gasteiger partial charge in [-0.05, 0) is 25.7 Å². The number of ether oxygens (including phenoxy) is 1. The fourth-order valence-electron chi connectivity index (χ4n) is 2.16. The Hall–Kier alpha value is -1.06. The largest absolute Gasteiger partial charge is 0.480 e. The summed E-state index contributed by atoms with van der Waals surface area (Å²) in [6, 6.07) is 0. The number of carboxylic acid groups (broad SMARTS) is 1. The van der Waals surface area contributed by atoms with Crippen molar-refractivity contribution in [2.24, 2.45) is 11.3 Å². The minimum absolute atomic E-state index is 0.235. The molecule has 0 aromatic carbocycles. The molecule has 1 unspecified atom stereocenters. The monoisotopic (exact) mass is 228 g/mol. The summed E-state index contributed by atoms with van der Waals surface area (Å²) in [7, 11) is 0. The van der Waals surface area contributed by atoms with Crippen molar-refractivity contribution in [3.05, 3.63) is 0 Å². The Kier molecular flexibility index (Phi) is 4.33. The van der Waals surface area contributed by atoms with Crippen molar-refractivity contribution in [1.82, 2.24) is 0 Å². The molecule has 1 atom stereocenters. The maximum Gasteiger partial charge on any atom is 0.323 e. The summed E-state index contributed by atoms with van der Waals surface area (Å²) < 4.78 is 4.91. The Balaban J connectivity index is 2.79. The molecular weight excluding hydrogens is 208 g/mol. The van der Waals surface area contributed by atoms with Gasteiger partial charge in [-0.25, -0.2) is 0 Å². The van der Waals surface area contributed by atoms with E-state index in [0.717, 1.165) is 19.3 Å². The summed E-state index contributed by atoms with van der Waals surface area (Å²) in [6.45, 7) is 3.67. The highest BCUT2D eigenvalue weighted by Gasteiger charge is 2.48. The van der Waals surface area contributed by atoms with Crippen LogP contribution in [0, 0.1) is 11.3 Å². The van der Waals surface area contributed by atoms with Crippen LogP contribution < -0.4 is 0 Å². The average molecular weight is 228 g/mol. The van der Waals surface area contributed by atoms with Crippen molar-refractivity contribution < 1.29 is 19.4 Å². The molecule has 1 aliphatic carbocycles. The highest BCUT2D eigenvalue weighted by atomic mass is 16.5. The van der Waals surface area contributed by atoms with Crippen molar-refractivity contribution in [2.75, 3.05) is 6.61 Å². The molecule has 92 valence electrons. The van der Waals surface area contributed by atoms with Crippen molar-refractivity contribution in [3.8, 4) is 0 Å². The molecule has 1 N–H and O–H groups in total. The smallest absolute Gasteiger partial charge is 0.323 e. The molecule has 0 amide bonds. The molecule has 0 radical (unpaired) electrons. The number of carboxylic acids is 1. The second kappa shape index (κ2) is 5.32. The lowest BCUT2D eigenvalue weighted by atomic mass is 9.70. The summed E-state index contributed by atoms with van der Waals surface area (Å²) in [5, 5.41) is 9.29. The third-order valence-corrected chi connectivity index (χ3v) is 3.54. The Labute approximate surface area is 96.0 Å². The minimum Gasteiger partial charge on any atom is -0.480 e. The van der Waals surface area contributed by atoms with Crippen LogP contribution in [-0.4, -0.2) is 23.7 Å². The highest BCUT2D eigenvalue weighted by molar-refractivity contribution is 5.99. The van der Waals surface area contributed by atoms with Gasteiger partial charge in [0.15, 0.2) is 5.41 Å². The molecule has 0 spiro atoms. The van der Waals surface area contributed by atoms with E-state index in [1.807, 2.05) is 0 Å². The van der Waals surface area contributed by atoms with Crippen LogP contribution in [0.3, 0.4) is 0 Å². The maximum atomic E-state index is 11.8. The number of hydrogen-bond acceptors (Lipinski definition) is 3. The predicted octanol–water partition coefficient (Wildman–Crippen LogP) is 2.22. The van der Waals surface area contributed by atoms with E-state index in [1.54, 1.807) is 13.8 Å². The second-order valence-corrected chi connectivity index (χ2v) is 4.46. The molecule has 0 bridgehead atoms. The molecule has 0 aromatic heterocycles. The lowest BCUT2D eigenvalue weighted by molar-refractivity contribution is -0.171. The molecule has 1 aliphatic rings. The Morgan fingerprint density at radius 2 is 2.00 bits per heavy atom. The van der Waals surface area contributed by atoms with Crippen molar-refractivity contribution in [3.63, 3.8) is 0 Å². The number of aliphatic carboxylic acids is 1. The van der Waals surface area contributed by atoms with Gasteiger partial charge in [-0.3, -0.25) is 9.59 Å². The fraction of sp³-hybridized carbons (Fsp3) is 0.833. The van der Waals surface area contributed by atoms with E-state index in [-0.39, 0.29) is 6.61 Å². The van der Waals surface area contributed by atoms with E-state index in [4.69, 9.17) is 4.74 Å². The normalized spacial score (nSPS) is 19.6. The molecule has 16 heavy (non-hydrogen) atoms. The van der Waals surface area contributed by atoms with Gasteiger partial charge in [0.1, 0.15) is 0 Å². The van der Waals surface area contributed by atoms with Gasteiger partial charge in [-0.1, -0.05) is 26.2 Å². The van der Waals surface area contributed by atoms with Crippen molar-refractivity contribution >= 4 is 11.9 Å². The maximum absolute atomic E-state index is 11.8. The SMILES string of the molecule is CCOC(=O)C(CC)(CC1CCC1)C(=O)O. The van der Waals surface area contributed by atoms with Crippen LogP contribution in [0.5, 0.6) is 0 Å². The van der Waals surface area contributed by atoms with Crippen molar-refractivity contribution in [1.29, 1.82) is 0 Å². The predicted molar refractivity (Wildman–Crippen MR) is 59.0 cm³/mol. The third kappa shape index (κ3) is 2.36. The van der Waals surface area contributed by atoms with Crippen LogP contribution in [0.25, 0.3) is 0 Å². The molecule has 4 heteroatoms. The first-order valence-corrected chi connectivity index (χ1v) is 5.97. The van der Waals surface area contributed by atoms with Crippen LogP contribution in [0.1, 0.15) is 46.0 Å². The first kappa shape index (κ1) is 13.0. The van der Waals surface area contributed by atoms with Gasteiger partial charge in [0.25, 0.3) is 0 Å². The first-order valence-electron chi connectivity index (χ1n) is 5.97. The number of rotatable bonds is 6. The molecule has 0 aliphatic heterocycles. The van der Waals surface area contributed by atoms with E-state index < -0.39 is 17.4 Å². The molecule has 0 saturated heterocycles. The molecule has 1 rings (SSSR count). The van der Waals surface area contributed by atoms with Gasteiger partial charge in [0, 0.05) is 0 Å². The van der Waals surface area contributed by atoms with Crippen molar-refractivity contribution in [2.45, 2.75) is 46.0 Å². The average Bonchev–Trinajstić information content (AvgIpc) is 2.16. The first-order chi connectivity index (χ1) is 7.56. The zero-order chi connectivity index (χ0) is 12.2. The molecular formula is C12H20O4. The standard InChI is InChI=1S/C12H20O4/c1-3-12(10(13)14,11(15)16-4-2)8-9-6-5-7-9/h9H,3-8H2,1-2H3,(H,13,14). The number of carbonyl (C=O) groups excluding carboxylic acids is 1. The molecule has 1 fully saturated rings. The summed E-state index contributed by atoms with van der Waals surface area (Å²) in [5.41, 5.74) is -1.32. The number of esters is 1. The van der Waals surface area contributed by atoms with Gasteiger partial charge in [0.05, 0.1) is 6.61 Å². The molecule has 0 heterocycles. The lowest BCUT2D eigenvalue weighted by Gasteiger charge is -2.34. The zero-order valence-corrected chi connectivity index (χ0v) is 9.99. The van der Waals surface area contributed by atoms with E-state index in [1.165, 1.54) is 0 Å². The fourth-order valence-corrected chi connectivity index (χ4v) is 2.16. The van der Waals surface area contributed by atoms with Gasteiger partial charge in [-0.15, -0.1) is 0 Å². The quantitative estimate of drug-likeness (QED) is 0.559. The van der Waals surface area contributed by atoms with Crippen LogP contribution in [-0.2, 0) is 14.3 Å². The lowest BCUT2D eigenvalue weighted by Crippen LogP contribution is -2.42. The topological polar surface area (TPSA) is 63.6 Å². The van der Waals surface area contributed by atoms with Crippen LogP contribution in [0.4, 0.5) is 0 Å². The Morgan fingerprint density at radius 3 is 2.31 bits per heavy atom. The number of carbonyl (C=O) groups is 2. The van der Waals surface area contributed by atoms with Gasteiger partial charge in [-0.2, -0.15) is 0 Å². The van der Waals surface area contributed by atoms with Gasteiger partial charge in [0.2, 0.25) is 0 Å². The third-order valence-electron chi connectivity index (χ3n) is 3.54. The molecule has 4 nitrogen and oxygen atoms in total. The second-order valence-electron chi connectivity index (χ2n) is 4.46. The van der Waals surface area contributed by atoms with Crippen LogP contribution in [0.15, 0.2) is 0 Å². The van der Waals surface area contributed by atoms with E-state index >= 15 is 0 Å². The molecule has 0 aromatic rings. The zero-order valence-electron chi connectivity index (χ0n) is 9.99. The summed E-state index contributed by atoms with van der Waals surface area (Å²) in [6.07, 6.45) is 3.95. The molecule has 1 saturated carbocycles. The van der Waals surface area contributed by atoms with Crippen LogP contribution in [0.2, 0.25) is 0 Å². The Bertz CT molecular complexity index is 270. The van der Waals surface area contributed by atoms with E-state index in [0.29, 0.717) is 18.8 Å². The summed E-state index contributed by atoms with van der Waals surface area (Å²) in [5.74, 6) is -1.24. The van der Waals surface area contributed by atoms with Gasteiger partial charge >= 0.3 is 11.9 Å². The highest BCUT2D eigenvalue weighted by Crippen LogP contribution is 2.40. The summed E-state index contributed by atoms with van der Waals surface area (Å²) in [4.78, 5) is 23.2. The Morgan fingerprint density at radius 1 is 1.38 bits per heavy atom. The summed E-state index contributed by atoms with van der Waals surface area (Å²) >= 11 is 0.